The maximum absolute atomic E-state index is 13.5. The average Bonchev–Trinajstić information content (AvgIpc) is 3.50. The standard InChI is InChI=1S/C38H31BrN4O3S2/c1-3-34(37(46)43-38-31(22-40)32(23-47-38)26-16-12-24(2)13-17-26)48-30-11-7-10-29(21-30)41-36(45)33(20-25-14-18-28(39)19-15-25)42-35(44)27-8-5-4-6-9-27/h4-21,23,34H,3H2,1-2H3,(H,41,45)(H,42,44)(H,43,46)/b33-20+. The number of anilines is 2. The van der Waals surface area contributed by atoms with Gasteiger partial charge in [0, 0.05) is 31.6 Å². The van der Waals surface area contributed by atoms with Crippen LogP contribution in [0.2, 0.25) is 0 Å². The first-order valence-corrected chi connectivity index (χ1v) is 17.6. The molecule has 5 rings (SSSR count). The Morgan fingerprint density at radius 1 is 0.938 bits per heavy atom. The van der Waals surface area contributed by atoms with Crippen LogP contribution in [-0.4, -0.2) is 23.0 Å². The van der Waals surface area contributed by atoms with E-state index in [1.54, 1.807) is 48.5 Å². The summed E-state index contributed by atoms with van der Waals surface area (Å²) in [4.78, 5) is 40.7. The minimum absolute atomic E-state index is 0.0734. The summed E-state index contributed by atoms with van der Waals surface area (Å²) in [5.74, 6) is -1.12. The van der Waals surface area contributed by atoms with Gasteiger partial charge in [0.05, 0.1) is 10.8 Å². The van der Waals surface area contributed by atoms with Crippen LogP contribution in [0.5, 0.6) is 0 Å². The fourth-order valence-corrected chi connectivity index (χ4v) is 6.90. The second kappa shape index (κ2) is 16.2. The molecule has 3 amide bonds. The van der Waals surface area contributed by atoms with Crippen LogP contribution >= 0.6 is 39.0 Å². The summed E-state index contributed by atoms with van der Waals surface area (Å²) in [6.07, 6.45) is 2.15. The molecule has 0 spiro atoms. The summed E-state index contributed by atoms with van der Waals surface area (Å²) in [5, 5.41) is 20.5. The third-order valence-electron chi connectivity index (χ3n) is 7.25. The van der Waals surface area contributed by atoms with Crippen molar-refractivity contribution in [3.8, 4) is 17.2 Å². The Balaban J connectivity index is 1.30. The minimum atomic E-state index is -0.500. The zero-order chi connectivity index (χ0) is 34.0. The van der Waals surface area contributed by atoms with Crippen molar-refractivity contribution in [1.29, 1.82) is 5.26 Å². The highest BCUT2D eigenvalue weighted by molar-refractivity contribution is 9.10. The average molecular weight is 736 g/mol. The number of nitrogens with zero attached hydrogens (tertiary/aromatic N) is 1. The lowest BCUT2D eigenvalue weighted by atomic mass is 10.0. The number of carbonyl (C=O) groups is 3. The molecular weight excluding hydrogens is 704 g/mol. The van der Waals surface area contributed by atoms with E-state index in [0.29, 0.717) is 28.2 Å². The number of benzene rings is 4. The molecule has 0 aliphatic heterocycles. The SMILES string of the molecule is CCC(Sc1cccc(NC(=O)/C(=C\c2ccc(Br)cc2)NC(=O)c2ccccc2)c1)C(=O)Nc1scc(-c2ccc(C)cc2)c1C#N. The number of rotatable bonds is 11. The van der Waals surface area contributed by atoms with E-state index in [4.69, 9.17) is 0 Å². The van der Waals surface area contributed by atoms with Crippen LogP contribution in [0.4, 0.5) is 10.7 Å². The minimum Gasteiger partial charge on any atom is -0.321 e. The lowest BCUT2D eigenvalue weighted by molar-refractivity contribution is -0.116. The van der Waals surface area contributed by atoms with Gasteiger partial charge in [-0.3, -0.25) is 14.4 Å². The summed E-state index contributed by atoms with van der Waals surface area (Å²) < 4.78 is 0.889. The predicted molar refractivity (Wildman–Crippen MR) is 199 cm³/mol. The molecule has 0 aliphatic carbocycles. The summed E-state index contributed by atoms with van der Waals surface area (Å²) in [6, 6.07) is 33.4. The highest BCUT2D eigenvalue weighted by Crippen LogP contribution is 2.36. The van der Waals surface area contributed by atoms with Gasteiger partial charge in [0.1, 0.15) is 16.8 Å². The van der Waals surface area contributed by atoms with Crippen molar-refractivity contribution in [1.82, 2.24) is 5.32 Å². The number of hydrogen-bond donors (Lipinski definition) is 3. The van der Waals surface area contributed by atoms with E-state index in [2.05, 4.69) is 37.9 Å². The van der Waals surface area contributed by atoms with Gasteiger partial charge in [-0.05, 0) is 73.0 Å². The molecule has 7 nitrogen and oxygen atoms in total. The zero-order valence-corrected chi connectivity index (χ0v) is 29.3. The summed E-state index contributed by atoms with van der Waals surface area (Å²) >= 11 is 6.11. The van der Waals surface area contributed by atoms with Crippen molar-refractivity contribution in [3.63, 3.8) is 0 Å². The Morgan fingerprint density at radius 3 is 2.35 bits per heavy atom. The lowest BCUT2D eigenvalue weighted by Gasteiger charge is -2.16. The largest absolute Gasteiger partial charge is 0.321 e. The maximum atomic E-state index is 13.5. The van der Waals surface area contributed by atoms with Crippen LogP contribution in [0.25, 0.3) is 17.2 Å². The maximum Gasteiger partial charge on any atom is 0.272 e. The Kier molecular flexibility index (Phi) is 11.6. The molecular formula is C38H31BrN4O3S2. The van der Waals surface area contributed by atoms with Crippen LogP contribution in [0.3, 0.4) is 0 Å². The number of nitriles is 1. The molecule has 0 saturated heterocycles. The van der Waals surface area contributed by atoms with Crippen molar-refractivity contribution in [2.75, 3.05) is 10.6 Å². The van der Waals surface area contributed by atoms with Gasteiger partial charge < -0.3 is 16.0 Å². The molecule has 0 aliphatic rings. The van der Waals surface area contributed by atoms with Crippen molar-refractivity contribution in [2.24, 2.45) is 0 Å². The Labute approximate surface area is 296 Å². The topological polar surface area (TPSA) is 111 Å². The first kappa shape index (κ1) is 34.4. The molecule has 1 unspecified atom stereocenters. The third-order valence-corrected chi connectivity index (χ3v) is 10.0. The third kappa shape index (κ3) is 8.89. The smallest absolute Gasteiger partial charge is 0.272 e. The number of hydrogen-bond acceptors (Lipinski definition) is 6. The van der Waals surface area contributed by atoms with Crippen LogP contribution in [0.1, 0.15) is 40.4 Å². The molecule has 3 N–H and O–H groups in total. The molecule has 1 aromatic heterocycles. The quantitative estimate of drug-likeness (QED) is 0.0926. The van der Waals surface area contributed by atoms with Gasteiger partial charge in [0.2, 0.25) is 5.91 Å². The van der Waals surface area contributed by atoms with Crippen LogP contribution < -0.4 is 16.0 Å². The zero-order valence-electron chi connectivity index (χ0n) is 26.1. The van der Waals surface area contributed by atoms with Gasteiger partial charge in [-0.25, -0.2) is 0 Å². The van der Waals surface area contributed by atoms with Crippen molar-refractivity contribution >= 4 is 73.5 Å². The normalized spacial score (nSPS) is 11.7. The first-order valence-electron chi connectivity index (χ1n) is 15.0. The second-order valence-corrected chi connectivity index (χ2v) is 13.8. The molecule has 0 fully saturated rings. The van der Waals surface area contributed by atoms with E-state index < -0.39 is 17.1 Å². The predicted octanol–water partition coefficient (Wildman–Crippen LogP) is 9.28. The summed E-state index contributed by atoms with van der Waals surface area (Å²) in [5.41, 5.74) is 5.00. The molecule has 0 radical (unpaired) electrons. The van der Waals surface area contributed by atoms with Crippen molar-refractivity contribution in [2.45, 2.75) is 30.4 Å². The molecule has 10 heteroatoms. The number of thioether (sulfide) groups is 1. The number of amides is 3. The van der Waals surface area contributed by atoms with Crippen molar-refractivity contribution in [3.05, 3.63) is 141 Å². The van der Waals surface area contributed by atoms with E-state index in [1.807, 2.05) is 79.9 Å². The van der Waals surface area contributed by atoms with E-state index in [9.17, 15) is 19.6 Å². The van der Waals surface area contributed by atoms with Gasteiger partial charge in [0.25, 0.3) is 11.8 Å². The number of aryl methyl sites for hydroxylation is 1. The highest BCUT2D eigenvalue weighted by atomic mass is 79.9. The monoisotopic (exact) mass is 734 g/mol. The van der Waals surface area contributed by atoms with Gasteiger partial charge in [-0.15, -0.1) is 23.1 Å². The Hall–Kier alpha value is -4.95. The molecule has 240 valence electrons. The lowest BCUT2D eigenvalue weighted by Crippen LogP contribution is -2.30. The van der Waals surface area contributed by atoms with E-state index in [1.165, 1.54) is 23.1 Å². The van der Waals surface area contributed by atoms with Crippen molar-refractivity contribution < 1.29 is 14.4 Å². The van der Waals surface area contributed by atoms with Crippen LogP contribution in [-0.2, 0) is 9.59 Å². The van der Waals surface area contributed by atoms with Crippen LogP contribution in [0, 0.1) is 18.3 Å². The van der Waals surface area contributed by atoms with Gasteiger partial charge in [-0.2, -0.15) is 5.26 Å². The fraction of sp³-hybridized carbons (Fsp3) is 0.105. The van der Waals surface area contributed by atoms with Gasteiger partial charge in [-0.1, -0.05) is 89.1 Å². The molecule has 0 bridgehead atoms. The molecule has 1 heterocycles. The summed E-state index contributed by atoms with van der Waals surface area (Å²) in [6.45, 7) is 3.93. The number of carbonyl (C=O) groups excluding carboxylic acids is 3. The second-order valence-electron chi connectivity index (χ2n) is 10.7. The van der Waals surface area contributed by atoms with Gasteiger partial charge in [0.15, 0.2) is 0 Å². The van der Waals surface area contributed by atoms with Crippen LogP contribution in [0.15, 0.2) is 124 Å². The number of thiophene rings is 1. The molecule has 48 heavy (non-hydrogen) atoms. The highest BCUT2D eigenvalue weighted by Gasteiger charge is 2.22. The molecule has 5 aromatic rings. The summed E-state index contributed by atoms with van der Waals surface area (Å²) in [7, 11) is 0. The number of halogens is 1. The van der Waals surface area contributed by atoms with E-state index in [0.717, 1.165) is 31.6 Å². The molecule has 1 atom stereocenters. The first-order chi connectivity index (χ1) is 23.2. The van der Waals surface area contributed by atoms with E-state index >= 15 is 0 Å². The fourth-order valence-electron chi connectivity index (χ4n) is 4.70. The molecule has 4 aromatic carbocycles. The Morgan fingerprint density at radius 2 is 1.67 bits per heavy atom. The number of nitrogens with one attached hydrogen (secondary N) is 3. The van der Waals surface area contributed by atoms with E-state index in [-0.39, 0.29) is 11.6 Å². The molecule has 0 saturated carbocycles. The van der Waals surface area contributed by atoms with Gasteiger partial charge >= 0.3 is 0 Å². The Bertz CT molecular complexity index is 2000.